The van der Waals surface area contributed by atoms with E-state index in [4.69, 9.17) is 16.3 Å². The predicted molar refractivity (Wildman–Crippen MR) is 96.6 cm³/mol. The van der Waals surface area contributed by atoms with Crippen LogP contribution in [0.25, 0.3) is 10.6 Å². The second-order valence-electron chi connectivity index (χ2n) is 5.69. The number of rotatable bonds is 5. The van der Waals surface area contributed by atoms with E-state index in [0.29, 0.717) is 13.0 Å². The molecule has 1 aromatic carbocycles. The minimum Gasteiger partial charge on any atom is -0.381 e. The number of urea groups is 1. The Hall–Kier alpha value is -1.63. The van der Waals surface area contributed by atoms with E-state index in [0.717, 1.165) is 47.3 Å². The van der Waals surface area contributed by atoms with Crippen molar-refractivity contribution in [2.45, 2.75) is 25.3 Å². The third-order valence-corrected chi connectivity index (χ3v) is 5.06. The maximum absolute atomic E-state index is 11.9. The van der Waals surface area contributed by atoms with E-state index in [1.54, 1.807) is 11.3 Å². The number of hydrogen-bond donors (Lipinski definition) is 2. The SMILES string of the molecule is O=C(NCCc1csc(-c2ccc(Cl)cc2)n1)NC1CCOCC1. The van der Waals surface area contributed by atoms with E-state index in [1.807, 2.05) is 29.6 Å². The number of thiazole rings is 1. The number of aromatic nitrogens is 1. The Bertz CT molecular complexity index is 669. The summed E-state index contributed by atoms with van der Waals surface area (Å²) >= 11 is 7.50. The second-order valence-corrected chi connectivity index (χ2v) is 6.98. The van der Waals surface area contributed by atoms with Crippen molar-refractivity contribution in [3.8, 4) is 10.6 Å². The third kappa shape index (κ3) is 4.93. The van der Waals surface area contributed by atoms with Crippen molar-refractivity contribution in [2.75, 3.05) is 19.8 Å². The highest BCUT2D eigenvalue weighted by molar-refractivity contribution is 7.13. The van der Waals surface area contributed by atoms with Crippen molar-refractivity contribution in [3.05, 3.63) is 40.4 Å². The van der Waals surface area contributed by atoms with E-state index in [-0.39, 0.29) is 12.1 Å². The van der Waals surface area contributed by atoms with Gasteiger partial charge in [-0.3, -0.25) is 0 Å². The molecule has 1 aromatic heterocycles. The number of carbonyl (C=O) groups excluding carboxylic acids is 1. The fraction of sp³-hybridized carbons (Fsp3) is 0.412. The Morgan fingerprint density at radius 2 is 2.04 bits per heavy atom. The number of carbonyl (C=O) groups is 1. The number of hydrogen-bond acceptors (Lipinski definition) is 4. The Balaban J connectivity index is 1.43. The van der Waals surface area contributed by atoms with Gasteiger partial charge in [0.1, 0.15) is 5.01 Å². The number of nitrogens with zero attached hydrogens (tertiary/aromatic N) is 1. The first kappa shape index (κ1) is 17.2. The summed E-state index contributed by atoms with van der Waals surface area (Å²) in [5.41, 5.74) is 2.04. The fourth-order valence-electron chi connectivity index (χ4n) is 2.53. The molecule has 5 nitrogen and oxygen atoms in total. The van der Waals surface area contributed by atoms with Crippen LogP contribution < -0.4 is 10.6 Å². The van der Waals surface area contributed by atoms with Crippen molar-refractivity contribution in [1.29, 1.82) is 0 Å². The van der Waals surface area contributed by atoms with Crippen LogP contribution in [0.4, 0.5) is 4.79 Å². The van der Waals surface area contributed by atoms with Gasteiger partial charge in [-0.15, -0.1) is 11.3 Å². The highest BCUT2D eigenvalue weighted by atomic mass is 35.5. The summed E-state index contributed by atoms with van der Waals surface area (Å²) in [6.45, 7) is 2.01. The van der Waals surface area contributed by atoms with E-state index in [9.17, 15) is 4.79 Å². The van der Waals surface area contributed by atoms with Gasteiger partial charge in [-0.25, -0.2) is 9.78 Å². The minimum atomic E-state index is -0.116. The molecular formula is C17H20ClN3O2S. The zero-order valence-electron chi connectivity index (χ0n) is 13.3. The molecule has 1 aliphatic rings. The summed E-state index contributed by atoms with van der Waals surface area (Å²) in [5, 5.41) is 9.59. The molecule has 1 fully saturated rings. The van der Waals surface area contributed by atoms with Gasteiger partial charge >= 0.3 is 6.03 Å². The van der Waals surface area contributed by atoms with Crippen molar-refractivity contribution in [2.24, 2.45) is 0 Å². The molecular weight excluding hydrogens is 346 g/mol. The molecule has 0 atom stereocenters. The van der Waals surface area contributed by atoms with E-state index in [2.05, 4.69) is 15.6 Å². The van der Waals surface area contributed by atoms with Crippen molar-refractivity contribution in [3.63, 3.8) is 0 Å². The number of halogens is 1. The molecule has 2 amide bonds. The first-order valence-corrected chi connectivity index (χ1v) is 9.29. The number of ether oxygens (including phenoxy) is 1. The van der Waals surface area contributed by atoms with Gasteiger partial charge in [0.25, 0.3) is 0 Å². The summed E-state index contributed by atoms with van der Waals surface area (Å²) in [6, 6.07) is 7.75. The summed E-state index contributed by atoms with van der Waals surface area (Å²) in [7, 11) is 0. The Kier molecular flexibility index (Phi) is 6.07. The lowest BCUT2D eigenvalue weighted by Crippen LogP contribution is -2.44. The second kappa shape index (κ2) is 8.46. The molecule has 0 spiro atoms. The average molecular weight is 366 g/mol. The average Bonchev–Trinajstić information content (AvgIpc) is 3.05. The lowest BCUT2D eigenvalue weighted by atomic mass is 10.1. The van der Waals surface area contributed by atoms with Crippen LogP contribution in [0.1, 0.15) is 18.5 Å². The molecule has 1 saturated heterocycles. The third-order valence-electron chi connectivity index (χ3n) is 3.87. The van der Waals surface area contributed by atoms with Gasteiger partial charge < -0.3 is 15.4 Å². The van der Waals surface area contributed by atoms with Gasteiger partial charge in [0.15, 0.2) is 0 Å². The normalized spacial score (nSPS) is 15.2. The van der Waals surface area contributed by atoms with Crippen LogP contribution >= 0.6 is 22.9 Å². The monoisotopic (exact) mass is 365 g/mol. The Labute approximate surface area is 150 Å². The molecule has 0 saturated carbocycles. The molecule has 7 heteroatoms. The van der Waals surface area contributed by atoms with Crippen molar-refractivity contribution in [1.82, 2.24) is 15.6 Å². The maximum atomic E-state index is 11.9. The first-order chi connectivity index (χ1) is 11.7. The van der Waals surface area contributed by atoms with Crippen LogP contribution in [0.3, 0.4) is 0 Å². The molecule has 3 rings (SSSR count). The molecule has 2 aromatic rings. The van der Waals surface area contributed by atoms with Crippen LogP contribution in [-0.2, 0) is 11.2 Å². The quantitative estimate of drug-likeness (QED) is 0.852. The summed E-state index contributed by atoms with van der Waals surface area (Å²) in [6.07, 6.45) is 2.47. The lowest BCUT2D eigenvalue weighted by Gasteiger charge is -2.23. The molecule has 0 aliphatic carbocycles. The predicted octanol–water partition coefficient (Wildman–Crippen LogP) is 3.48. The van der Waals surface area contributed by atoms with E-state index >= 15 is 0 Å². The highest BCUT2D eigenvalue weighted by Crippen LogP contribution is 2.25. The fourth-order valence-corrected chi connectivity index (χ4v) is 3.52. The minimum absolute atomic E-state index is 0.116. The van der Waals surface area contributed by atoms with Gasteiger partial charge in [-0.2, -0.15) is 0 Å². The highest BCUT2D eigenvalue weighted by Gasteiger charge is 2.15. The lowest BCUT2D eigenvalue weighted by molar-refractivity contribution is 0.0801. The largest absolute Gasteiger partial charge is 0.381 e. The van der Waals surface area contributed by atoms with E-state index < -0.39 is 0 Å². The molecule has 2 heterocycles. The van der Waals surface area contributed by atoms with Crippen molar-refractivity contribution < 1.29 is 9.53 Å². The van der Waals surface area contributed by atoms with Gasteiger partial charge in [0.05, 0.1) is 5.69 Å². The summed E-state index contributed by atoms with van der Waals surface area (Å²) in [4.78, 5) is 16.5. The van der Waals surface area contributed by atoms with Crippen LogP contribution in [0, 0.1) is 0 Å². The number of nitrogens with one attached hydrogen (secondary N) is 2. The van der Waals surface area contributed by atoms with Gasteiger partial charge in [0.2, 0.25) is 0 Å². The summed E-state index contributed by atoms with van der Waals surface area (Å²) < 4.78 is 5.28. The molecule has 1 aliphatic heterocycles. The molecule has 128 valence electrons. The number of benzene rings is 1. The van der Waals surface area contributed by atoms with Crippen LogP contribution in [0.5, 0.6) is 0 Å². The van der Waals surface area contributed by atoms with Crippen LogP contribution in [0.15, 0.2) is 29.6 Å². The Morgan fingerprint density at radius 1 is 1.29 bits per heavy atom. The standard InChI is InChI=1S/C17H20ClN3O2S/c18-13-3-1-12(2-4-13)16-20-15(11-24-16)5-8-19-17(22)21-14-6-9-23-10-7-14/h1-4,11,14H,5-10H2,(H2,19,21,22). The first-order valence-electron chi connectivity index (χ1n) is 8.03. The van der Waals surface area contributed by atoms with Crippen molar-refractivity contribution >= 4 is 29.0 Å². The maximum Gasteiger partial charge on any atom is 0.315 e. The van der Waals surface area contributed by atoms with Gasteiger partial charge in [-0.05, 0) is 25.0 Å². The van der Waals surface area contributed by atoms with Crippen LogP contribution in [-0.4, -0.2) is 36.8 Å². The zero-order chi connectivity index (χ0) is 16.8. The molecule has 0 unspecified atom stereocenters. The molecule has 24 heavy (non-hydrogen) atoms. The van der Waals surface area contributed by atoms with E-state index in [1.165, 1.54) is 0 Å². The Morgan fingerprint density at radius 3 is 2.79 bits per heavy atom. The topological polar surface area (TPSA) is 63.2 Å². The van der Waals surface area contributed by atoms with Gasteiger partial charge in [-0.1, -0.05) is 23.7 Å². The molecule has 2 N–H and O–H groups in total. The molecule has 0 radical (unpaired) electrons. The van der Waals surface area contributed by atoms with Gasteiger partial charge in [0, 0.05) is 48.2 Å². The smallest absolute Gasteiger partial charge is 0.315 e. The molecule has 0 bridgehead atoms. The zero-order valence-corrected chi connectivity index (χ0v) is 14.8. The number of amides is 2. The van der Waals surface area contributed by atoms with Crippen LogP contribution in [0.2, 0.25) is 5.02 Å². The summed E-state index contributed by atoms with van der Waals surface area (Å²) in [5.74, 6) is 0.